The van der Waals surface area contributed by atoms with Crippen LogP contribution in [0, 0.1) is 11.3 Å². The van der Waals surface area contributed by atoms with Crippen molar-refractivity contribution >= 4 is 11.9 Å². The lowest BCUT2D eigenvalue weighted by atomic mass is 10.2. The predicted octanol–water partition coefficient (Wildman–Crippen LogP) is -0.0818. The summed E-state index contributed by atoms with van der Waals surface area (Å²) in [6.45, 7) is -0.159. The molecule has 3 amide bonds. The van der Waals surface area contributed by atoms with E-state index in [-0.39, 0.29) is 18.4 Å². The molecule has 8 heteroatoms. The van der Waals surface area contributed by atoms with E-state index in [4.69, 9.17) is 5.26 Å². The Kier molecular flexibility index (Phi) is 4.07. The van der Waals surface area contributed by atoms with Gasteiger partial charge in [0.1, 0.15) is 18.9 Å². The fourth-order valence-electron chi connectivity index (χ4n) is 2.07. The molecule has 0 saturated heterocycles. The molecule has 19 heavy (non-hydrogen) atoms. The smallest absolute Gasteiger partial charge is 0.321 e. The van der Waals surface area contributed by atoms with Crippen LogP contribution in [-0.4, -0.2) is 32.7 Å². The van der Waals surface area contributed by atoms with Crippen LogP contribution in [-0.2, 0) is 11.3 Å². The monoisotopic (exact) mass is 262 g/mol. The summed E-state index contributed by atoms with van der Waals surface area (Å²) in [5.41, 5.74) is 0. The second-order valence-corrected chi connectivity index (χ2v) is 4.40. The summed E-state index contributed by atoms with van der Waals surface area (Å²) in [6, 6.07) is 1.46. The van der Waals surface area contributed by atoms with E-state index >= 15 is 0 Å². The number of nitrogens with zero attached hydrogens (tertiary/aromatic N) is 4. The Morgan fingerprint density at radius 2 is 2.21 bits per heavy atom. The Morgan fingerprint density at radius 3 is 2.89 bits per heavy atom. The van der Waals surface area contributed by atoms with Gasteiger partial charge >= 0.3 is 6.03 Å². The molecule has 1 aliphatic rings. The summed E-state index contributed by atoms with van der Waals surface area (Å²) in [5.74, 6) is -0.474. The van der Waals surface area contributed by atoms with Crippen LogP contribution in [0.15, 0.2) is 6.33 Å². The molecule has 0 unspecified atom stereocenters. The van der Waals surface area contributed by atoms with Gasteiger partial charge in [0.15, 0.2) is 0 Å². The highest BCUT2D eigenvalue weighted by atomic mass is 16.2. The number of rotatable bonds is 3. The number of hydrogen-bond acceptors (Lipinski definition) is 5. The molecule has 1 aromatic rings. The number of amides is 3. The highest BCUT2D eigenvalue weighted by Crippen LogP contribution is 2.17. The van der Waals surface area contributed by atoms with Crippen LogP contribution in [0.2, 0.25) is 0 Å². The SMILES string of the molecule is N#Cc1nncn1CC(=O)NC(=O)NC1CCCC1. The van der Waals surface area contributed by atoms with Gasteiger partial charge in [-0.15, -0.1) is 10.2 Å². The quantitative estimate of drug-likeness (QED) is 0.791. The van der Waals surface area contributed by atoms with E-state index in [0.29, 0.717) is 0 Å². The van der Waals surface area contributed by atoms with E-state index in [1.807, 2.05) is 0 Å². The van der Waals surface area contributed by atoms with E-state index in [0.717, 1.165) is 25.7 Å². The molecule has 0 bridgehead atoms. The molecule has 8 nitrogen and oxygen atoms in total. The normalized spacial score (nSPS) is 14.9. The minimum absolute atomic E-state index is 0.0337. The van der Waals surface area contributed by atoms with Crippen molar-refractivity contribution in [3.63, 3.8) is 0 Å². The van der Waals surface area contributed by atoms with E-state index in [1.54, 1.807) is 6.07 Å². The van der Waals surface area contributed by atoms with Crippen LogP contribution in [0.4, 0.5) is 4.79 Å². The minimum Gasteiger partial charge on any atom is -0.335 e. The minimum atomic E-state index is -0.508. The molecule has 1 heterocycles. The van der Waals surface area contributed by atoms with Crippen LogP contribution in [0.1, 0.15) is 31.5 Å². The van der Waals surface area contributed by atoms with Crippen LogP contribution in [0.5, 0.6) is 0 Å². The van der Waals surface area contributed by atoms with Crippen LogP contribution in [0.25, 0.3) is 0 Å². The molecule has 0 aliphatic heterocycles. The molecule has 0 spiro atoms. The van der Waals surface area contributed by atoms with Crippen LogP contribution in [0.3, 0.4) is 0 Å². The van der Waals surface area contributed by atoms with Gasteiger partial charge in [0, 0.05) is 6.04 Å². The average molecular weight is 262 g/mol. The highest BCUT2D eigenvalue weighted by Gasteiger charge is 2.18. The number of hydrogen-bond donors (Lipinski definition) is 2. The first kappa shape index (κ1) is 13.0. The van der Waals surface area contributed by atoms with E-state index in [9.17, 15) is 9.59 Å². The lowest BCUT2D eigenvalue weighted by Crippen LogP contribution is -2.44. The zero-order valence-electron chi connectivity index (χ0n) is 10.3. The first-order valence-corrected chi connectivity index (χ1v) is 6.07. The number of carbonyl (C=O) groups is 2. The standard InChI is InChI=1S/C11H14N6O2/c12-5-9-16-13-7-17(9)6-10(18)15-11(19)14-8-3-1-2-4-8/h7-8H,1-4,6H2,(H2,14,15,18,19). The zero-order chi connectivity index (χ0) is 13.7. The highest BCUT2D eigenvalue weighted by molar-refractivity contribution is 5.94. The number of urea groups is 1. The van der Waals surface area contributed by atoms with Gasteiger partial charge in [-0.2, -0.15) is 5.26 Å². The molecule has 0 aromatic carbocycles. The number of imide groups is 1. The number of nitrogens with one attached hydrogen (secondary N) is 2. The molecule has 2 N–H and O–H groups in total. The van der Waals surface area contributed by atoms with Crippen LogP contribution >= 0.6 is 0 Å². The third-order valence-corrected chi connectivity index (χ3v) is 2.97. The molecule has 0 radical (unpaired) electrons. The molecule has 1 aromatic heterocycles. The van der Waals surface area contributed by atoms with Crippen molar-refractivity contribution in [1.82, 2.24) is 25.4 Å². The van der Waals surface area contributed by atoms with E-state index in [2.05, 4.69) is 20.8 Å². The molecule has 100 valence electrons. The summed E-state index contributed by atoms with van der Waals surface area (Å²) in [7, 11) is 0. The third-order valence-electron chi connectivity index (χ3n) is 2.97. The maximum atomic E-state index is 11.6. The molecule has 1 fully saturated rings. The largest absolute Gasteiger partial charge is 0.335 e. The van der Waals surface area contributed by atoms with Gasteiger partial charge in [0.2, 0.25) is 11.7 Å². The van der Waals surface area contributed by atoms with Crippen molar-refractivity contribution in [2.24, 2.45) is 0 Å². The second kappa shape index (κ2) is 5.95. The van der Waals surface area contributed by atoms with Gasteiger partial charge in [-0.3, -0.25) is 14.7 Å². The van der Waals surface area contributed by atoms with Gasteiger partial charge in [0.25, 0.3) is 0 Å². The summed E-state index contributed by atoms with van der Waals surface area (Å²) in [4.78, 5) is 23.1. The third kappa shape index (κ3) is 3.51. The van der Waals surface area contributed by atoms with Crippen molar-refractivity contribution in [2.45, 2.75) is 38.3 Å². The summed E-state index contributed by atoms with van der Waals surface area (Å²) in [6.07, 6.45) is 5.38. The van der Waals surface area contributed by atoms with Crippen molar-refractivity contribution in [3.8, 4) is 6.07 Å². The Bertz CT molecular complexity index is 512. The molecule has 2 rings (SSSR count). The Morgan fingerprint density at radius 1 is 1.47 bits per heavy atom. The molecule has 1 saturated carbocycles. The Balaban J connectivity index is 1.81. The molecule has 1 aliphatic carbocycles. The average Bonchev–Trinajstić information content (AvgIpc) is 2.99. The van der Waals surface area contributed by atoms with E-state index in [1.165, 1.54) is 10.9 Å². The molecule has 0 atom stereocenters. The fourth-order valence-corrected chi connectivity index (χ4v) is 2.07. The van der Waals surface area contributed by atoms with Gasteiger partial charge < -0.3 is 5.32 Å². The summed E-state index contributed by atoms with van der Waals surface area (Å²) >= 11 is 0. The zero-order valence-corrected chi connectivity index (χ0v) is 10.3. The number of carbonyl (C=O) groups excluding carboxylic acids is 2. The lowest BCUT2D eigenvalue weighted by molar-refractivity contribution is -0.120. The van der Waals surface area contributed by atoms with Gasteiger partial charge in [-0.25, -0.2) is 4.79 Å². The van der Waals surface area contributed by atoms with Crippen molar-refractivity contribution in [1.29, 1.82) is 5.26 Å². The lowest BCUT2D eigenvalue weighted by Gasteiger charge is -2.12. The second-order valence-electron chi connectivity index (χ2n) is 4.40. The van der Waals surface area contributed by atoms with Crippen molar-refractivity contribution < 1.29 is 9.59 Å². The molecular formula is C11H14N6O2. The van der Waals surface area contributed by atoms with Gasteiger partial charge in [-0.1, -0.05) is 12.8 Å². The summed E-state index contributed by atoms with van der Waals surface area (Å²) in [5, 5.41) is 20.7. The number of nitriles is 1. The maximum Gasteiger partial charge on any atom is 0.321 e. The Labute approximate surface area is 109 Å². The fraction of sp³-hybridized carbons (Fsp3) is 0.545. The van der Waals surface area contributed by atoms with Gasteiger partial charge in [0.05, 0.1) is 0 Å². The molecular weight excluding hydrogens is 248 g/mol. The van der Waals surface area contributed by atoms with E-state index < -0.39 is 11.9 Å². The van der Waals surface area contributed by atoms with Crippen molar-refractivity contribution in [2.75, 3.05) is 0 Å². The Hall–Kier alpha value is -2.43. The predicted molar refractivity (Wildman–Crippen MR) is 63.7 cm³/mol. The van der Waals surface area contributed by atoms with Crippen molar-refractivity contribution in [3.05, 3.63) is 12.2 Å². The first-order chi connectivity index (χ1) is 9.19. The topological polar surface area (TPSA) is 113 Å². The maximum absolute atomic E-state index is 11.6. The summed E-state index contributed by atoms with van der Waals surface area (Å²) < 4.78 is 1.28. The first-order valence-electron chi connectivity index (χ1n) is 6.07. The van der Waals surface area contributed by atoms with Crippen LogP contribution < -0.4 is 10.6 Å². The van der Waals surface area contributed by atoms with Gasteiger partial charge in [-0.05, 0) is 12.8 Å². The number of aromatic nitrogens is 3.